The van der Waals surface area contributed by atoms with Gasteiger partial charge in [-0.1, -0.05) is 11.6 Å². The Morgan fingerprint density at radius 3 is 2.63 bits per heavy atom. The van der Waals surface area contributed by atoms with Gasteiger partial charge >= 0.3 is 11.7 Å². The minimum atomic E-state index is -1.40. The Morgan fingerprint density at radius 2 is 2.05 bits per heavy atom. The van der Waals surface area contributed by atoms with Crippen LogP contribution < -0.4 is 11.2 Å². The minimum Gasteiger partial charge on any atom is -0.477 e. The number of aromatic nitrogens is 2. The monoisotopic (exact) mass is 280 g/mol. The smallest absolute Gasteiger partial charge is 0.342 e. The zero-order valence-corrected chi connectivity index (χ0v) is 10.6. The molecule has 0 aliphatic carbocycles. The number of halogens is 1. The van der Waals surface area contributed by atoms with E-state index >= 15 is 0 Å². The van der Waals surface area contributed by atoms with E-state index in [0.717, 1.165) is 10.8 Å². The molecule has 0 fully saturated rings. The van der Waals surface area contributed by atoms with Gasteiger partial charge in [-0.3, -0.25) is 14.3 Å². The summed E-state index contributed by atoms with van der Waals surface area (Å²) in [7, 11) is 0. The average Bonchev–Trinajstić information content (AvgIpc) is 2.30. The molecule has 7 heteroatoms. The van der Waals surface area contributed by atoms with Crippen LogP contribution in [0.3, 0.4) is 0 Å². The predicted octanol–water partition coefficient (Wildman–Crippen LogP) is 1.19. The summed E-state index contributed by atoms with van der Waals surface area (Å²) in [5.41, 5.74) is -1.01. The van der Waals surface area contributed by atoms with Gasteiger partial charge in [-0.2, -0.15) is 0 Å². The van der Waals surface area contributed by atoms with Crippen LogP contribution in [0.4, 0.5) is 0 Å². The molecule has 0 radical (unpaired) electrons. The van der Waals surface area contributed by atoms with Crippen LogP contribution in [0.1, 0.15) is 15.9 Å². The largest absolute Gasteiger partial charge is 0.477 e. The SMILES string of the molecule is Cc1cc(Cl)ccc1-n1cc(C(=O)O)c(=O)[nH]c1=O. The number of aryl methyl sites for hydroxylation is 1. The maximum absolute atomic E-state index is 11.7. The van der Waals surface area contributed by atoms with Crippen molar-refractivity contribution >= 4 is 17.6 Å². The topological polar surface area (TPSA) is 92.2 Å². The molecule has 0 atom stereocenters. The zero-order valence-electron chi connectivity index (χ0n) is 9.81. The predicted molar refractivity (Wildman–Crippen MR) is 69.4 cm³/mol. The van der Waals surface area contributed by atoms with E-state index < -0.39 is 22.8 Å². The van der Waals surface area contributed by atoms with Crippen LogP contribution in [0.25, 0.3) is 5.69 Å². The number of H-pyrrole nitrogens is 1. The number of rotatable bonds is 2. The summed E-state index contributed by atoms with van der Waals surface area (Å²) in [6.45, 7) is 1.72. The van der Waals surface area contributed by atoms with Gasteiger partial charge < -0.3 is 5.11 Å². The van der Waals surface area contributed by atoms with E-state index in [1.165, 1.54) is 0 Å². The second kappa shape index (κ2) is 4.74. The molecule has 0 aliphatic rings. The van der Waals surface area contributed by atoms with Crippen LogP contribution in [-0.2, 0) is 0 Å². The molecule has 19 heavy (non-hydrogen) atoms. The number of benzene rings is 1. The molecular weight excluding hydrogens is 272 g/mol. The summed E-state index contributed by atoms with van der Waals surface area (Å²) in [5.74, 6) is -1.40. The maximum Gasteiger partial charge on any atom is 0.342 e. The van der Waals surface area contributed by atoms with Gasteiger partial charge in [0.1, 0.15) is 5.56 Å². The number of nitrogens with zero attached hydrogens (tertiary/aromatic N) is 1. The summed E-state index contributed by atoms with van der Waals surface area (Å²) in [6, 6.07) is 4.78. The maximum atomic E-state index is 11.7. The number of aromatic carboxylic acids is 1. The summed E-state index contributed by atoms with van der Waals surface area (Å²) in [6.07, 6.45) is 1.000. The first-order valence-electron chi connectivity index (χ1n) is 5.26. The molecule has 1 heterocycles. The second-order valence-electron chi connectivity index (χ2n) is 3.91. The molecule has 0 unspecified atom stereocenters. The average molecular weight is 281 g/mol. The Labute approximate surface area is 111 Å². The first-order chi connectivity index (χ1) is 8.90. The van der Waals surface area contributed by atoms with Crippen molar-refractivity contribution in [2.45, 2.75) is 6.92 Å². The van der Waals surface area contributed by atoms with Crippen molar-refractivity contribution in [3.8, 4) is 5.69 Å². The molecule has 0 spiro atoms. The van der Waals surface area contributed by atoms with Gasteiger partial charge in [0.2, 0.25) is 0 Å². The first-order valence-corrected chi connectivity index (χ1v) is 5.64. The van der Waals surface area contributed by atoms with Gasteiger partial charge in [-0.05, 0) is 30.7 Å². The van der Waals surface area contributed by atoms with Crippen molar-refractivity contribution in [2.24, 2.45) is 0 Å². The Morgan fingerprint density at radius 1 is 1.37 bits per heavy atom. The summed E-state index contributed by atoms with van der Waals surface area (Å²) in [4.78, 5) is 35.9. The third-order valence-electron chi connectivity index (χ3n) is 2.59. The van der Waals surface area contributed by atoms with E-state index in [1.807, 2.05) is 4.98 Å². The molecule has 2 N–H and O–H groups in total. The van der Waals surface area contributed by atoms with E-state index in [0.29, 0.717) is 16.3 Å². The molecule has 0 aliphatic heterocycles. The van der Waals surface area contributed by atoms with Crippen molar-refractivity contribution in [3.63, 3.8) is 0 Å². The van der Waals surface area contributed by atoms with Crippen molar-refractivity contribution in [3.05, 3.63) is 61.4 Å². The third kappa shape index (κ3) is 2.43. The molecule has 1 aromatic heterocycles. The summed E-state index contributed by atoms with van der Waals surface area (Å²) < 4.78 is 1.07. The van der Waals surface area contributed by atoms with E-state index in [1.54, 1.807) is 25.1 Å². The van der Waals surface area contributed by atoms with Gasteiger partial charge in [-0.25, -0.2) is 9.59 Å². The summed E-state index contributed by atoms with van der Waals surface area (Å²) in [5, 5.41) is 9.38. The zero-order chi connectivity index (χ0) is 14.2. The van der Waals surface area contributed by atoms with E-state index in [9.17, 15) is 14.4 Å². The third-order valence-corrected chi connectivity index (χ3v) is 2.83. The second-order valence-corrected chi connectivity index (χ2v) is 4.34. The molecule has 0 saturated heterocycles. The molecular formula is C12H9ClN2O4. The van der Waals surface area contributed by atoms with E-state index in [2.05, 4.69) is 0 Å². The molecule has 2 aromatic rings. The van der Waals surface area contributed by atoms with Crippen molar-refractivity contribution in [1.82, 2.24) is 9.55 Å². The van der Waals surface area contributed by atoms with Crippen LogP contribution in [0.15, 0.2) is 34.0 Å². The minimum absolute atomic E-state index is 0.452. The van der Waals surface area contributed by atoms with Crippen LogP contribution >= 0.6 is 11.6 Å². The van der Waals surface area contributed by atoms with Gasteiger partial charge in [0.05, 0.1) is 5.69 Å². The summed E-state index contributed by atoms with van der Waals surface area (Å²) >= 11 is 5.81. The fourth-order valence-electron chi connectivity index (χ4n) is 1.69. The number of aromatic amines is 1. The highest BCUT2D eigenvalue weighted by atomic mass is 35.5. The van der Waals surface area contributed by atoms with Crippen molar-refractivity contribution < 1.29 is 9.90 Å². The lowest BCUT2D eigenvalue weighted by Gasteiger charge is -2.09. The van der Waals surface area contributed by atoms with Crippen molar-refractivity contribution in [1.29, 1.82) is 0 Å². The quantitative estimate of drug-likeness (QED) is 0.864. The Bertz CT molecular complexity index is 776. The number of carboxylic acid groups (broad SMARTS) is 1. The molecule has 0 saturated carbocycles. The highest BCUT2D eigenvalue weighted by molar-refractivity contribution is 6.30. The lowest BCUT2D eigenvalue weighted by Crippen LogP contribution is -2.32. The lowest BCUT2D eigenvalue weighted by atomic mass is 10.2. The van der Waals surface area contributed by atoms with Crippen molar-refractivity contribution in [2.75, 3.05) is 0 Å². The highest BCUT2D eigenvalue weighted by Gasteiger charge is 2.13. The molecule has 0 bridgehead atoms. The number of hydrogen-bond donors (Lipinski definition) is 2. The van der Waals surface area contributed by atoms with Crippen LogP contribution in [0, 0.1) is 6.92 Å². The molecule has 0 amide bonds. The number of nitrogens with one attached hydrogen (secondary N) is 1. The lowest BCUT2D eigenvalue weighted by molar-refractivity contribution is 0.0694. The Kier molecular flexibility index (Phi) is 3.26. The normalized spacial score (nSPS) is 10.4. The number of carbonyl (C=O) groups is 1. The van der Waals surface area contributed by atoms with E-state index in [4.69, 9.17) is 16.7 Å². The van der Waals surface area contributed by atoms with Crippen LogP contribution in [0.2, 0.25) is 5.02 Å². The van der Waals surface area contributed by atoms with Gasteiger partial charge in [0, 0.05) is 11.2 Å². The number of carboxylic acids is 1. The van der Waals surface area contributed by atoms with Gasteiger partial charge in [0.15, 0.2) is 0 Å². The van der Waals surface area contributed by atoms with Gasteiger partial charge in [0.25, 0.3) is 5.56 Å². The standard InChI is InChI=1S/C12H9ClN2O4/c1-6-4-7(13)2-3-9(6)15-5-8(11(17)18)10(16)14-12(15)19/h2-5H,1H3,(H,17,18)(H,14,16,19). The van der Waals surface area contributed by atoms with Crippen LogP contribution in [-0.4, -0.2) is 20.6 Å². The molecule has 98 valence electrons. The Balaban J connectivity index is 2.75. The van der Waals surface area contributed by atoms with Gasteiger partial charge in [-0.15, -0.1) is 0 Å². The fourth-order valence-corrected chi connectivity index (χ4v) is 1.92. The highest BCUT2D eigenvalue weighted by Crippen LogP contribution is 2.17. The number of hydrogen-bond acceptors (Lipinski definition) is 3. The Hall–Kier alpha value is -2.34. The molecule has 2 rings (SSSR count). The molecule has 6 nitrogen and oxygen atoms in total. The first kappa shape index (κ1) is 13.1. The van der Waals surface area contributed by atoms with Crippen LogP contribution in [0.5, 0.6) is 0 Å². The molecule has 1 aromatic carbocycles. The fraction of sp³-hybridized carbons (Fsp3) is 0.0833. The van der Waals surface area contributed by atoms with E-state index in [-0.39, 0.29) is 0 Å².